The molecule has 5 heteroatoms. The summed E-state index contributed by atoms with van der Waals surface area (Å²) >= 11 is 6.20. The molecule has 0 radical (unpaired) electrons. The van der Waals surface area contributed by atoms with Crippen LogP contribution < -0.4 is 10.1 Å². The summed E-state index contributed by atoms with van der Waals surface area (Å²) in [7, 11) is 0. The van der Waals surface area contributed by atoms with Crippen LogP contribution in [0.1, 0.15) is 30.0 Å². The highest BCUT2D eigenvalue weighted by molar-refractivity contribution is 6.32. The van der Waals surface area contributed by atoms with Crippen molar-refractivity contribution in [2.45, 2.75) is 27.2 Å². The van der Waals surface area contributed by atoms with Gasteiger partial charge in [0.05, 0.1) is 11.6 Å². The average molecular weight is 369 g/mol. The zero-order valence-electron chi connectivity index (χ0n) is 15.1. The van der Waals surface area contributed by atoms with Gasteiger partial charge in [0.2, 0.25) is 0 Å². The molecule has 2 rings (SSSR count). The number of hydrogen-bond donors (Lipinski definition) is 1. The molecule has 1 N–H and O–H groups in total. The minimum Gasteiger partial charge on any atom is -0.492 e. The maximum absolute atomic E-state index is 12.4. The summed E-state index contributed by atoms with van der Waals surface area (Å²) in [5.41, 5.74) is 3.32. The molecule has 0 aromatic heterocycles. The molecule has 2 aromatic carbocycles. The number of nitrogens with zero attached hydrogens (tertiary/aromatic N) is 1. The Hall–Kier alpha value is -2.77. The molecule has 0 bridgehead atoms. The number of benzene rings is 2. The SMILES string of the molecule is CCCOc1ccc(/C=C(\C#N)C(=O)Nc2cc(C)ccc2C)cc1Cl. The first-order chi connectivity index (χ1) is 12.4. The van der Waals surface area contributed by atoms with E-state index in [1.165, 1.54) is 6.08 Å². The van der Waals surface area contributed by atoms with E-state index in [1.807, 2.05) is 45.0 Å². The first-order valence-electron chi connectivity index (χ1n) is 8.37. The van der Waals surface area contributed by atoms with Crippen molar-refractivity contribution in [1.29, 1.82) is 5.26 Å². The van der Waals surface area contributed by atoms with Crippen molar-refractivity contribution in [2.75, 3.05) is 11.9 Å². The Bertz CT molecular complexity index is 882. The summed E-state index contributed by atoms with van der Waals surface area (Å²) in [6.07, 6.45) is 2.39. The van der Waals surface area contributed by atoms with Crippen molar-refractivity contribution in [3.63, 3.8) is 0 Å². The van der Waals surface area contributed by atoms with Crippen molar-refractivity contribution in [2.24, 2.45) is 0 Å². The standard InChI is InChI=1S/C21H21ClN2O2/c1-4-9-26-20-8-7-16(12-18(20)22)11-17(13-23)21(25)24-19-10-14(2)5-6-15(19)3/h5-8,10-12H,4,9H2,1-3H3,(H,24,25)/b17-11+. The number of nitrogens with one attached hydrogen (secondary N) is 1. The van der Waals surface area contributed by atoms with Crippen LogP contribution in [-0.2, 0) is 4.79 Å². The van der Waals surface area contributed by atoms with E-state index in [9.17, 15) is 10.1 Å². The van der Waals surface area contributed by atoms with Crippen LogP contribution >= 0.6 is 11.6 Å². The van der Waals surface area contributed by atoms with Crippen LogP contribution in [0.3, 0.4) is 0 Å². The Balaban J connectivity index is 2.21. The molecule has 4 nitrogen and oxygen atoms in total. The monoisotopic (exact) mass is 368 g/mol. The normalized spacial score (nSPS) is 11.0. The Kier molecular flexibility index (Phi) is 6.82. The van der Waals surface area contributed by atoms with Gasteiger partial charge in [-0.15, -0.1) is 0 Å². The molecule has 0 aliphatic heterocycles. The summed E-state index contributed by atoms with van der Waals surface area (Å²) in [5.74, 6) is 0.132. The second kappa shape index (κ2) is 9.07. The van der Waals surface area contributed by atoms with Crippen LogP contribution in [0, 0.1) is 25.2 Å². The van der Waals surface area contributed by atoms with Gasteiger partial charge in [0, 0.05) is 5.69 Å². The predicted octanol–water partition coefficient (Wildman–Crippen LogP) is 5.29. The molecule has 1 amide bonds. The average Bonchev–Trinajstić information content (AvgIpc) is 2.62. The van der Waals surface area contributed by atoms with E-state index in [0.717, 1.165) is 17.5 Å². The molecule has 26 heavy (non-hydrogen) atoms. The molecule has 0 fully saturated rings. The molecule has 0 aliphatic rings. The van der Waals surface area contributed by atoms with Crippen LogP contribution in [0.25, 0.3) is 6.08 Å². The molecular formula is C21H21ClN2O2. The van der Waals surface area contributed by atoms with E-state index in [-0.39, 0.29) is 5.57 Å². The van der Waals surface area contributed by atoms with Gasteiger partial charge >= 0.3 is 0 Å². The van der Waals surface area contributed by atoms with Crippen molar-refractivity contribution >= 4 is 29.3 Å². The van der Waals surface area contributed by atoms with Crippen LogP contribution in [0.15, 0.2) is 42.0 Å². The minimum atomic E-state index is -0.455. The number of aryl methyl sites for hydroxylation is 2. The third kappa shape index (κ3) is 5.11. The fraction of sp³-hybridized carbons (Fsp3) is 0.238. The van der Waals surface area contributed by atoms with Gasteiger partial charge in [-0.1, -0.05) is 36.7 Å². The largest absolute Gasteiger partial charge is 0.492 e. The number of nitriles is 1. The fourth-order valence-corrected chi connectivity index (χ4v) is 2.55. The molecule has 2 aromatic rings. The van der Waals surface area contributed by atoms with Gasteiger partial charge in [0.1, 0.15) is 17.4 Å². The van der Waals surface area contributed by atoms with Crippen molar-refractivity contribution in [3.8, 4) is 11.8 Å². The van der Waals surface area contributed by atoms with E-state index in [0.29, 0.717) is 28.6 Å². The predicted molar refractivity (Wildman–Crippen MR) is 105 cm³/mol. The van der Waals surface area contributed by atoms with Crippen molar-refractivity contribution < 1.29 is 9.53 Å². The molecule has 134 valence electrons. The van der Waals surface area contributed by atoms with Crippen LogP contribution in [0.4, 0.5) is 5.69 Å². The lowest BCUT2D eigenvalue weighted by Gasteiger charge is -2.09. The minimum absolute atomic E-state index is 0.00389. The second-order valence-electron chi connectivity index (χ2n) is 5.98. The lowest BCUT2D eigenvalue weighted by molar-refractivity contribution is -0.112. The molecule has 0 unspecified atom stereocenters. The summed E-state index contributed by atoms with van der Waals surface area (Å²) in [4.78, 5) is 12.4. The number of carbonyl (C=O) groups excluding carboxylic acids is 1. The Labute approximate surface area is 159 Å². The van der Waals surface area contributed by atoms with Crippen LogP contribution in [0.2, 0.25) is 5.02 Å². The number of anilines is 1. The summed E-state index contributed by atoms with van der Waals surface area (Å²) in [5, 5.41) is 12.6. The van der Waals surface area contributed by atoms with Gasteiger partial charge in [0.15, 0.2) is 0 Å². The Morgan fingerprint density at radius 1 is 1.27 bits per heavy atom. The molecule has 0 saturated heterocycles. The Morgan fingerprint density at radius 2 is 2.04 bits per heavy atom. The number of rotatable bonds is 6. The first kappa shape index (κ1) is 19.6. The zero-order valence-corrected chi connectivity index (χ0v) is 15.9. The quantitative estimate of drug-likeness (QED) is 0.556. The first-order valence-corrected chi connectivity index (χ1v) is 8.75. The molecular weight excluding hydrogens is 348 g/mol. The van der Waals surface area contributed by atoms with Gasteiger partial charge in [-0.25, -0.2) is 0 Å². The Morgan fingerprint density at radius 3 is 2.69 bits per heavy atom. The zero-order chi connectivity index (χ0) is 19.1. The highest BCUT2D eigenvalue weighted by atomic mass is 35.5. The second-order valence-corrected chi connectivity index (χ2v) is 6.39. The fourth-order valence-electron chi connectivity index (χ4n) is 2.31. The van der Waals surface area contributed by atoms with Gasteiger partial charge in [-0.05, 0) is 61.2 Å². The summed E-state index contributed by atoms with van der Waals surface area (Å²) in [6, 6.07) is 12.9. The van der Waals surface area contributed by atoms with E-state index >= 15 is 0 Å². The van der Waals surface area contributed by atoms with E-state index in [1.54, 1.807) is 18.2 Å². The van der Waals surface area contributed by atoms with Crippen molar-refractivity contribution in [1.82, 2.24) is 0 Å². The van der Waals surface area contributed by atoms with Gasteiger partial charge in [-0.2, -0.15) is 5.26 Å². The highest BCUT2D eigenvalue weighted by Crippen LogP contribution is 2.27. The number of ether oxygens (including phenoxy) is 1. The number of carbonyl (C=O) groups is 1. The van der Waals surface area contributed by atoms with Crippen LogP contribution in [0.5, 0.6) is 5.75 Å². The number of hydrogen-bond acceptors (Lipinski definition) is 3. The van der Waals surface area contributed by atoms with Gasteiger partial charge in [-0.3, -0.25) is 4.79 Å². The molecule has 0 heterocycles. The van der Waals surface area contributed by atoms with E-state index in [2.05, 4.69) is 5.32 Å². The van der Waals surface area contributed by atoms with Crippen molar-refractivity contribution in [3.05, 3.63) is 63.7 Å². The van der Waals surface area contributed by atoms with E-state index in [4.69, 9.17) is 16.3 Å². The third-order valence-corrected chi connectivity index (χ3v) is 4.03. The number of amides is 1. The summed E-state index contributed by atoms with van der Waals surface area (Å²) < 4.78 is 5.53. The maximum Gasteiger partial charge on any atom is 0.266 e. The summed E-state index contributed by atoms with van der Waals surface area (Å²) in [6.45, 7) is 6.44. The van der Waals surface area contributed by atoms with Crippen LogP contribution in [-0.4, -0.2) is 12.5 Å². The van der Waals surface area contributed by atoms with Gasteiger partial charge < -0.3 is 10.1 Å². The topological polar surface area (TPSA) is 62.1 Å². The lowest BCUT2D eigenvalue weighted by Crippen LogP contribution is -2.14. The lowest BCUT2D eigenvalue weighted by atomic mass is 10.1. The number of halogens is 1. The smallest absolute Gasteiger partial charge is 0.266 e. The third-order valence-electron chi connectivity index (χ3n) is 3.73. The van der Waals surface area contributed by atoms with Gasteiger partial charge in [0.25, 0.3) is 5.91 Å². The molecule has 0 saturated carbocycles. The molecule has 0 spiro atoms. The molecule has 0 aliphatic carbocycles. The highest BCUT2D eigenvalue weighted by Gasteiger charge is 2.12. The van der Waals surface area contributed by atoms with E-state index < -0.39 is 5.91 Å². The maximum atomic E-state index is 12.4. The molecule has 0 atom stereocenters.